The highest BCUT2D eigenvalue weighted by Crippen LogP contribution is 2.42. The normalized spacial score (nSPS) is 10.6. The summed E-state index contributed by atoms with van der Waals surface area (Å²) in [6.45, 7) is 0. The Morgan fingerprint density at radius 1 is 1.35 bits per heavy atom. The number of fused-ring (bicyclic) bond motifs is 1. The molecule has 8 nitrogen and oxygen atoms in total. The van der Waals surface area contributed by atoms with Crippen LogP contribution in [0, 0.1) is 10.1 Å². The third-order valence-electron chi connectivity index (χ3n) is 2.13. The molecule has 0 spiro atoms. The van der Waals surface area contributed by atoms with Crippen molar-refractivity contribution in [1.82, 2.24) is 0 Å². The highest BCUT2D eigenvalue weighted by atomic mass is 16.6. The maximum atomic E-state index is 10.7. The van der Waals surface area contributed by atoms with E-state index in [4.69, 9.17) is 9.52 Å². The molecule has 0 aliphatic heterocycles. The Hall–Kier alpha value is -2.77. The van der Waals surface area contributed by atoms with Gasteiger partial charge in [-0.1, -0.05) is 0 Å². The first kappa shape index (κ1) is 10.7. The molecule has 0 unspecified atom stereocenters. The Morgan fingerprint density at radius 3 is 2.53 bits per heavy atom. The van der Waals surface area contributed by atoms with Gasteiger partial charge < -0.3 is 19.7 Å². The van der Waals surface area contributed by atoms with E-state index in [2.05, 4.69) is 0 Å². The molecule has 0 radical (unpaired) electrons. The van der Waals surface area contributed by atoms with E-state index in [1.807, 2.05) is 0 Å². The molecule has 1 aromatic heterocycles. The molecule has 0 atom stereocenters. The average molecular weight is 239 g/mol. The van der Waals surface area contributed by atoms with E-state index < -0.39 is 39.4 Å². The predicted octanol–water partition coefficient (Wildman–Crippen LogP) is 1.45. The molecule has 1 heterocycles. The van der Waals surface area contributed by atoms with Crippen molar-refractivity contribution in [2.24, 2.45) is 0 Å². The quantitative estimate of drug-likeness (QED) is 0.410. The Bertz CT molecular complexity index is 642. The molecule has 2 aromatic rings. The van der Waals surface area contributed by atoms with Crippen LogP contribution in [0.3, 0.4) is 0 Å². The second kappa shape index (κ2) is 3.37. The van der Waals surface area contributed by atoms with Crippen molar-refractivity contribution in [2.45, 2.75) is 0 Å². The Balaban J connectivity index is 2.88. The van der Waals surface area contributed by atoms with Gasteiger partial charge in [0.05, 0.1) is 4.92 Å². The van der Waals surface area contributed by atoms with Crippen LogP contribution in [-0.4, -0.2) is 26.2 Å². The first-order valence-corrected chi connectivity index (χ1v) is 4.28. The summed E-state index contributed by atoms with van der Waals surface area (Å²) in [6.07, 6.45) is 0. The fourth-order valence-corrected chi connectivity index (χ4v) is 1.42. The standard InChI is InChI=1S/C9H5NO7/c11-4-1-3-2-5(9(13)14)17-8(3)6(7(4)12)10(15)16/h1-2,11-12H,(H,13,14). The summed E-state index contributed by atoms with van der Waals surface area (Å²) in [4.78, 5) is 20.4. The zero-order valence-electron chi connectivity index (χ0n) is 8.08. The molecule has 8 heteroatoms. The lowest BCUT2D eigenvalue weighted by Gasteiger charge is -1.98. The van der Waals surface area contributed by atoms with Crippen LogP contribution in [0.25, 0.3) is 11.0 Å². The summed E-state index contributed by atoms with van der Waals surface area (Å²) < 4.78 is 4.75. The zero-order valence-corrected chi connectivity index (χ0v) is 8.08. The van der Waals surface area contributed by atoms with Crippen molar-refractivity contribution >= 4 is 22.6 Å². The molecule has 0 aliphatic rings. The van der Waals surface area contributed by atoms with Crippen molar-refractivity contribution in [3.8, 4) is 11.5 Å². The van der Waals surface area contributed by atoms with Crippen LogP contribution >= 0.6 is 0 Å². The number of phenols is 2. The number of hydrogen-bond acceptors (Lipinski definition) is 6. The second-order valence-electron chi connectivity index (χ2n) is 3.18. The number of nitro benzene ring substituents is 1. The molecule has 88 valence electrons. The molecular weight excluding hydrogens is 234 g/mol. The summed E-state index contributed by atoms with van der Waals surface area (Å²) in [5, 5.41) is 37.9. The van der Waals surface area contributed by atoms with Crippen LogP contribution in [-0.2, 0) is 0 Å². The molecule has 2 rings (SSSR count). The molecular formula is C9H5NO7. The van der Waals surface area contributed by atoms with Crippen LogP contribution in [0.15, 0.2) is 16.5 Å². The van der Waals surface area contributed by atoms with E-state index in [1.165, 1.54) is 0 Å². The van der Waals surface area contributed by atoms with Gasteiger partial charge in [0.25, 0.3) is 0 Å². The van der Waals surface area contributed by atoms with Crippen LogP contribution in [0.1, 0.15) is 10.6 Å². The molecule has 0 amide bonds. The van der Waals surface area contributed by atoms with E-state index >= 15 is 0 Å². The number of phenolic OH excluding ortho intramolecular Hbond substituents is 2. The summed E-state index contributed by atoms with van der Waals surface area (Å²) >= 11 is 0. The zero-order chi connectivity index (χ0) is 12.7. The van der Waals surface area contributed by atoms with Gasteiger partial charge in [0, 0.05) is 5.39 Å². The Kier molecular flexibility index (Phi) is 2.13. The van der Waals surface area contributed by atoms with E-state index in [1.54, 1.807) is 0 Å². The van der Waals surface area contributed by atoms with E-state index in [0.717, 1.165) is 12.1 Å². The number of carbonyl (C=O) groups is 1. The number of carboxylic acids is 1. The minimum Gasteiger partial charge on any atom is -0.504 e. The summed E-state index contributed by atoms with van der Waals surface area (Å²) in [7, 11) is 0. The maximum absolute atomic E-state index is 10.7. The average Bonchev–Trinajstić information content (AvgIpc) is 2.61. The molecule has 0 bridgehead atoms. The molecule has 0 saturated heterocycles. The minimum absolute atomic E-state index is 0.0180. The number of carboxylic acid groups (broad SMARTS) is 1. The van der Waals surface area contributed by atoms with Crippen molar-refractivity contribution in [1.29, 1.82) is 0 Å². The Morgan fingerprint density at radius 2 is 2.00 bits per heavy atom. The number of aromatic carboxylic acids is 1. The highest BCUT2D eigenvalue weighted by molar-refractivity contribution is 5.97. The largest absolute Gasteiger partial charge is 0.504 e. The predicted molar refractivity (Wildman–Crippen MR) is 53.2 cm³/mol. The number of benzene rings is 1. The fraction of sp³-hybridized carbons (Fsp3) is 0. The van der Waals surface area contributed by atoms with Crippen LogP contribution < -0.4 is 0 Å². The molecule has 17 heavy (non-hydrogen) atoms. The van der Waals surface area contributed by atoms with E-state index in [-0.39, 0.29) is 5.39 Å². The number of rotatable bonds is 2. The van der Waals surface area contributed by atoms with E-state index in [0.29, 0.717) is 0 Å². The highest BCUT2D eigenvalue weighted by Gasteiger charge is 2.27. The van der Waals surface area contributed by atoms with Gasteiger partial charge in [0.1, 0.15) is 0 Å². The minimum atomic E-state index is -1.41. The first-order chi connectivity index (χ1) is 7.91. The SMILES string of the molecule is O=C(O)c1cc2cc(O)c(O)c([N+](=O)[O-])c2o1. The number of nitrogens with zero attached hydrogens (tertiary/aromatic N) is 1. The van der Waals surface area contributed by atoms with Gasteiger partial charge in [0.2, 0.25) is 17.1 Å². The number of nitro groups is 1. The first-order valence-electron chi connectivity index (χ1n) is 4.28. The number of hydrogen-bond donors (Lipinski definition) is 3. The summed E-state index contributed by atoms with van der Waals surface area (Å²) in [5.74, 6) is -3.61. The maximum Gasteiger partial charge on any atom is 0.371 e. The van der Waals surface area contributed by atoms with Crippen LogP contribution in [0.5, 0.6) is 11.5 Å². The number of aromatic hydroxyl groups is 2. The van der Waals surface area contributed by atoms with Gasteiger partial charge in [-0.3, -0.25) is 10.1 Å². The van der Waals surface area contributed by atoms with Crippen LogP contribution in [0.4, 0.5) is 5.69 Å². The molecule has 1 aromatic carbocycles. The van der Waals surface area contributed by atoms with Crippen molar-refractivity contribution in [3.63, 3.8) is 0 Å². The lowest BCUT2D eigenvalue weighted by molar-refractivity contribution is -0.384. The lowest BCUT2D eigenvalue weighted by atomic mass is 10.2. The van der Waals surface area contributed by atoms with Crippen molar-refractivity contribution in [3.05, 3.63) is 28.0 Å². The molecule has 0 fully saturated rings. The van der Waals surface area contributed by atoms with Crippen molar-refractivity contribution in [2.75, 3.05) is 0 Å². The summed E-state index contributed by atoms with van der Waals surface area (Å²) in [5.41, 5.74) is -1.27. The van der Waals surface area contributed by atoms with Gasteiger partial charge in [0.15, 0.2) is 5.75 Å². The van der Waals surface area contributed by atoms with E-state index in [9.17, 15) is 25.1 Å². The van der Waals surface area contributed by atoms with Gasteiger partial charge in [-0.05, 0) is 12.1 Å². The smallest absolute Gasteiger partial charge is 0.371 e. The third kappa shape index (κ3) is 1.51. The summed E-state index contributed by atoms with van der Waals surface area (Å²) in [6, 6.07) is 2.00. The fourth-order valence-electron chi connectivity index (χ4n) is 1.42. The Labute approximate surface area is 92.5 Å². The van der Waals surface area contributed by atoms with Crippen LogP contribution in [0.2, 0.25) is 0 Å². The molecule has 0 saturated carbocycles. The lowest BCUT2D eigenvalue weighted by Crippen LogP contribution is -1.91. The second-order valence-corrected chi connectivity index (χ2v) is 3.18. The van der Waals surface area contributed by atoms with Crippen molar-refractivity contribution < 1.29 is 29.5 Å². The topological polar surface area (TPSA) is 134 Å². The van der Waals surface area contributed by atoms with Gasteiger partial charge in [-0.2, -0.15) is 0 Å². The van der Waals surface area contributed by atoms with Gasteiger partial charge >= 0.3 is 11.7 Å². The van der Waals surface area contributed by atoms with Gasteiger partial charge in [-0.25, -0.2) is 4.79 Å². The van der Waals surface area contributed by atoms with Gasteiger partial charge in [-0.15, -0.1) is 0 Å². The number of furan rings is 1. The monoisotopic (exact) mass is 239 g/mol. The molecule has 0 aliphatic carbocycles. The molecule has 3 N–H and O–H groups in total. The third-order valence-corrected chi connectivity index (χ3v) is 2.13.